The van der Waals surface area contributed by atoms with E-state index in [9.17, 15) is 44.3 Å². The van der Waals surface area contributed by atoms with Crippen LogP contribution in [-0.4, -0.2) is 51.1 Å². The first-order valence-electron chi connectivity index (χ1n) is 5.92. The summed E-state index contributed by atoms with van der Waals surface area (Å²) in [6.07, 6.45) is -17.2. The molecule has 24 heavy (non-hydrogen) atoms. The van der Waals surface area contributed by atoms with Gasteiger partial charge in [-0.05, 0) is 11.8 Å². The number of halogens is 9. The zero-order valence-electron chi connectivity index (χ0n) is 12.2. The first-order valence-corrected chi connectivity index (χ1v) is 7.35. The fourth-order valence-electron chi connectivity index (χ4n) is 1.05. The van der Waals surface area contributed by atoms with E-state index in [1.165, 1.54) is 6.92 Å². The summed E-state index contributed by atoms with van der Waals surface area (Å²) in [6.45, 7) is 2.45. The summed E-state index contributed by atoms with van der Waals surface area (Å²) in [5.41, 5.74) is 0. The molecule has 0 radical (unpaired) electrons. The van der Waals surface area contributed by atoms with Crippen molar-refractivity contribution in [2.75, 3.05) is 5.75 Å². The molecule has 0 aromatic rings. The second-order valence-corrected chi connectivity index (χ2v) is 6.23. The fraction of sp³-hybridized carbons (Fsp3) is 0.818. The van der Waals surface area contributed by atoms with Crippen LogP contribution in [0.5, 0.6) is 0 Å². The monoisotopic (exact) mass is 413 g/mol. The highest BCUT2D eigenvalue weighted by molar-refractivity contribution is 8.13. The SMILES string of the molecule is CC(=O)S.CC(=[OH+])SCCC(F)(F)C(F)(F)C(F)C(F)C(F)(F)F. The molecule has 0 aliphatic carbocycles. The first kappa shape index (κ1) is 25.6. The molecule has 1 N–H and O–H groups in total. The highest BCUT2D eigenvalue weighted by Crippen LogP contribution is 2.45. The summed E-state index contributed by atoms with van der Waals surface area (Å²) in [5.74, 6) is -11.8. The Morgan fingerprint density at radius 2 is 1.42 bits per heavy atom. The number of thioether (sulfide) groups is 1. The van der Waals surface area contributed by atoms with E-state index >= 15 is 0 Å². The summed E-state index contributed by atoms with van der Waals surface area (Å²) in [7, 11) is 0. The average molecular weight is 413 g/mol. The first-order chi connectivity index (χ1) is 10.5. The van der Waals surface area contributed by atoms with Crippen molar-refractivity contribution in [3.63, 3.8) is 0 Å². The van der Waals surface area contributed by atoms with Gasteiger partial charge < -0.3 is 0 Å². The number of carbonyl (C=O) groups excluding carboxylic acids is 2. The molecule has 0 bridgehead atoms. The lowest BCUT2D eigenvalue weighted by molar-refractivity contribution is -0.280. The molecule has 0 saturated heterocycles. The summed E-state index contributed by atoms with van der Waals surface area (Å²) >= 11 is 3.65. The van der Waals surface area contributed by atoms with Crippen LogP contribution < -0.4 is 0 Å². The minimum absolute atomic E-state index is 0.139. The third kappa shape index (κ3) is 9.04. The largest absolute Gasteiger partial charge is 0.422 e. The van der Waals surface area contributed by atoms with E-state index in [0.29, 0.717) is 11.8 Å². The van der Waals surface area contributed by atoms with E-state index in [-0.39, 0.29) is 5.12 Å². The summed E-state index contributed by atoms with van der Waals surface area (Å²) in [4.78, 5) is 17.9. The van der Waals surface area contributed by atoms with E-state index in [1.54, 1.807) is 0 Å². The lowest BCUT2D eigenvalue weighted by Crippen LogP contribution is -2.54. The van der Waals surface area contributed by atoms with Gasteiger partial charge in [0.2, 0.25) is 12.3 Å². The normalized spacial score (nSPS) is 15.2. The molecular formula is C11H14F9O2S2+. The molecule has 0 aliphatic heterocycles. The predicted octanol–water partition coefficient (Wildman–Crippen LogP) is 4.60. The van der Waals surface area contributed by atoms with Crippen LogP contribution in [0.3, 0.4) is 0 Å². The Hall–Kier alpha value is -0.590. The van der Waals surface area contributed by atoms with E-state index in [0.717, 1.165) is 6.92 Å². The van der Waals surface area contributed by atoms with Gasteiger partial charge in [-0.3, -0.25) is 9.59 Å². The Balaban J connectivity index is 0. The van der Waals surface area contributed by atoms with Crippen LogP contribution in [0, 0.1) is 0 Å². The molecule has 13 heteroatoms. The van der Waals surface area contributed by atoms with Gasteiger partial charge in [0.05, 0.1) is 6.92 Å². The van der Waals surface area contributed by atoms with Gasteiger partial charge in [-0.2, -0.15) is 30.7 Å². The molecule has 2 nitrogen and oxygen atoms in total. The van der Waals surface area contributed by atoms with Gasteiger partial charge >= 0.3 is 23.1 Å². The number of hydrogen-bond acceptors (Lipinski definition) is 2. The number of alkyl halides is 9. The summed E-state index contributed by atoms with van der Waals surface area (Å²) < 4.78 is 112. The minimum atomic E-state index is -6.01. The quantitative estimate of drug-likeness (QED) is 0.393. The Morgan fingerprint density at radius 3 is 1.71 bits per heavy atom. The number of rotatable bonds is 6. The number of carbonyl (C=O) groups is 1. The van der Waals surface area contributed by atoms with Crippen LogP contribution in [0.2, 0.25) is 0 Å². The zero-order valence-corrected chi connectivity index (χ0v) is 13.9. The van der Waals surface area contributed by atoms with Crippen molar-refractivity contribution >= 4 is 34.6 Å². The highest BCUT2D eigenvalue weighted by atomic mass is 32.2. The molecule has 0 spiro atoms. The van der Waals surface area contributed by atoms with Gasteiger partial charge in [0.25, 0.3) is 0 Å². The lowest BCUT2D eigenvalue weighted by Gasteiger charge is -2.30. The molecular weight excluding hydrogens is 399 g/mol. The van der Waals surface area contributed by atoms with Gasteiger partial charge in [0.1, 0.15) is 0 Å². The standard InChI is InChI=1S/C9H9F9OS.C2H4OS/c1-4(19)20-3-2-7(12,13)8(14,15)5(10)6(11)9(16,17)18;1-2(3)4/h5-6H,2-3H2,1H3;1H3,(H,3,4)/p+1. The molecule has 2 unspecified atom stereocenters. The molecule has 0 rings (SSSR count). The van der Waals surface area contributed by atoms with E-state index < -0.39 is 47.7 Å². The van der Waals surface area contributed by atoms with Crippen LogP contribution in [-0.2, 0) is 4.79 Å². The molecule has 0 aromatic carbocycles. The Kier molecular flexibility index (Phi) is 10.5. The van der Waals surface area contributed by atoms with Crippen molar-refractivity contribution in [3.05, 3.63) is 0 Å². The maximum Gasteiger partial charge on any atom is 0.422 e. The Labute approximate surface area is 140 Å². The van der Waals surface area contributed by atoms with Crippen LogP contribution in [0.25, 0.3) is 0 Å². The molecule has 144 valence electrons. The van der Waals surface area contributed by atoms with Crippen LogP contribution in [0.4, 0.5) is 39.5 Å². The van der Waals surface area contributed by atoms with Crippen molar-refractivity contribution < 1.29 is 49.1 Å². The molecule has 0 aliphatic rings. The van der Waals surface area contributed by atoms with Gasteiger partial charge in [0.15, 0.2) is 5.12 Å². The summed E-state index contributed by atoms with van der Waals surface area (Å²) in [5, 5.41) is -0.584. The fourth-order valence-corrected chi connectivity index (χ4v) is 1.70. The summed E-state index contributed by atoms with van der Waals surface area (Å²) in [6, 6.07) is 0. The van der Waals surface area contributed by atoms with E-state index in [2.05, 4.69) is 12.6 Å². The van der Waals surface area contributed by atoms with Crippen LogP contribution >= 0.6 is 24.4 Å². The Bertz CT molecular complexity index is 422. The van der Waals surface area contributed by atoms with E-state index in [1.807, 2.05) is 0 Å². The highest BCUT2D eigenvalue weighted by Gasteiger charge is 2.67. The number of hydrogen-bond donors (Lipinski definition) is 1. The maximum absolute atomic E-state index is 13.0. The second-order valence-electron chi connectivity index (χ2n) is 4.31. The molecule has 0 amide bonds. The van der Waals surface area contributed by atoms with Crippen molar-refractivity contribution in [3.8, 4) is 0 Å². The van der Waals surface area contributed by atoms with Crippen LogP contribution in [0.1, 0.15) is 20.3 Å². The zero-order chi connectivity index (χ0) is 19.9. The average Bonchev–Trinajstić information content (AvgIpc) is 2.34. The third-order valence-corrected chi connectivity index (χ3v) is 2.96. The van der Waals surface area contributed by atoms with Crippen LogP contribution in [0.15, 0.2) is 0 Å². The molecule has 0 fully saturated rings. The second kappa shape index (κ2) is 9.78. The van der Waals surface area contributed by atoms with E-state index in [4.69, 9.17) is 4.79 Å². The lowest BCUT2D eigenvalue weighted by atomic mass is 10.0. The van der Waals surface area contributed by atoms with Gasteiger partial charge in [-0.1, -0.05) is 0 Å². The number of thiol groups is 1. The third-order valence-electron chi connectivity index (χ3n) is 2.13. The van der Waals surface area contributed by atoms with Crippen molar-refractivity contribution in [2.24, 2.45) is 0 Å². The Morgan fingerprint density at radius 1 is 1.04 bits per heavy atom. The maximum atomic E-state index is 13.0. The van der Waals surface area contributed by atoms with Gasteiger partial charge in [-0.15, -0.1) is 12.6 Å². The molecule has 0 aromatic heterocycles. The molecule has 0 saturated carbocycles. The van der Waals surface area contributed by atoms with Gasteiger partial charge in [0, 0.05) is 19.1 Å². The topological polar surface area (TPSA) is 38.5 Å². The van der Waals surface area contributed by atoms with Gasteiger partial charge in [-0.25, -0.2) is 8.78 Å². The van der Waals surface area contributed by atoms with Crippen molar-refractivity contribution in [1.29, 1.82) is 0 Å². The smallest absolute Gasteiger partial charge is 0.288 e. The van der Waals surface area contributed by atoms with Crippen molar-refractivity contribution in [2.45, 2.75) is 50.6 Å². The predicted molar refractivity (Wildman–Crippen MR) is 75.1 cm³/mol. The minimum Gasteiger partial charge on any atom is -0.288 e. The molecule has 2 atom stereocenters. The molecule has 0 heterocycles. The van der Waals surface area contributed by atoms with Crippen molar-refractivity contribution in [1.82, 2.24) is 0 Å².